The van der Waals surface area contributed by atoms with Crippen LogP contribution in [0, 0.1) is 0 Å². The summed E-state index contributed by atoms with van der Waals surface area (Å²) in [5.41, 5.74) is -5.93. The van der Waals surface area contributed by atoms with Gasteiger partial charge in [0.1, 0.15) is 11.8 Å². The van der Waals surface area contributed by atoms with Gasteiger partial charge in [0.2, 0.25) is 6.23 Å². The number of para-hydroxylation sites is 1. The molecule has 1 saturated heterocycles. The van der Waals surface area contributed by atoms with Gasteiger partial charge >= 0.3 is 25.3 Å². The topological polar surface area (TPSA) is 158 Å². The minimum absolute atomic E-state index is 0.108. The summed E-state index contributed by atoms with van der Waals surface area (Å²) >= 11 is 0. The van der Waals surface area contributed by atoms with Gasteiger partial charge in [-0.2, -0.15) is 13.9 Å². The van der Waals surface area contributed by atoms with Crippen LogP contribution in [0.1, 0.15) is 27.0 Å². The molecule has 1 fully saturated rings. The van der Waals surface area contributed by atoms with Crippen LogP contribution in [-0.2, 0) is 23.4 Å². The van der Waals surface area contributed by atoms with Crippen molar-refractivity contribution in [3.8, 4) is 5.75 Å². The number of nitrogens with one attached hydrogen (secondary N) is 2. The SMILES string of the molecule is CC(C)OC(=O)C(C)NP(=O)(OCC1(C(F)F)OC(n2ccc(=O)[nH]c2=O)C(F)(F)C1O)Oc1ccccc1. The van der Waals surface area contributed by atoms with E-state index in [9.17, 15) is 32.8 Å². The van der Waals surface area contributed by atoms with Crippen molar-refractivity contribution in [3.05, 3.63) is 63.4 Å². The van der Waals surface area contributed by atoms with Crippen molar-refractivity contribution >= 4 is 13.7 Å². The first-order valence-electron chi connectivity index (χ1n) is 11.4. The number of halogens is 4. The molecule has 0 spiro atoms. The van der Waals surface area contributed by atoms with E-state index in [1.165, 1.54) is 45.0 Å². The average Bonchev–Trinajstić information content (AvgIpc) is 3.04. The Hall–Kier alpha value is -3.04. The number of aliphatic hydroxyl groups excluding tert-OH is 1. The summed E-state index contributed by atoms with van der Waals surface area (Å²) < 4.78 is 92.6. The van der Waals surface area contributed by atoms with Crippen LogP contribution in [0.3, 0.4) is 0 Å². The van der Waals surface area contributed by atoms with Crippen LogP contribution in [-0.4, -0.2) is 63.4 Å². The summed E-state index contributed by atoms with van der Waals surface area (Å²) in [6.07, 6.45) is -9.98. The lowest BCUT2D eigenvalue weighted by Crippen LogP contribution is -2.54. The van der Waals surface area contributed by atoms with Crippen LogP contribution < -0.4 is 20.9 Å². The van der Waals surface area contributed by atoms with Crippen LogP contribution in [0.4, 0.5) is 17.6 Å². The molecule has 1 aliphatic heterocycles. The van der Waals surface area contributed by atoms with Gasteiger partial charge in [-0.05, 0) is 32.9 Å². The van der Waals surface area contributed by atoms with Gasteiger partial charge in [-0.15, -0.1) is 0 Å². The minimum Gasteiger partial charge on any atom is -0.462 e. The van der Waals surface area contributed by atoms with Crippen molar-refractivity contribution in [2.24, 2.45) is 0 Å². The highest BCUT2D eigenvalue weighted by Gasteiger charge is 2.71. The summed E-state index contributed by atoms with van der Waals surface area (Å²) in [5, 5.41) is 12.5. The number of alkyl halides is 4. The molecule has 0 radical (unpaired) electrons. The summed E-state index contributed by atoms with van der Waals surface area (Å²) in [6.45, 7) is 2.62. The van der Waals surface area contributed by atoms with Crippen LogP contribution >= 0.6 is 7.75 Å². The molecule has 0 bridgehead atoms. The van der Waals surface area contributed by atoms with E-state index < -0.39 is 74.0 Å². The van der Waals surface area contributed by atoms with E-state index in [4.69, 9.17) is 18.5 Å². The number of ether oxygens (including phenoxy) is 2. The maximum absolute atomic E-state index is 15.0. The number of H-pyrrole nitrogens is 1. The number of carbonyl (C=O) groups excluding carboxylic acids is 1. The molecule has 3 rings (SSSR count). The molecule has 39 heavy (non-hydrogen) atoms. The van der Waals surface area contributed by atoms with E-state index in [0.717, 1.165) is 0 Å². The van der Waals surface area contributed by atoms with Crippen molar-refractivity contribution in [2.45, 2.75) is 63.2 Å². The van der Waals surface area contributed by atoms with Gasteiger partial charge in [-0.1, -0.05) is 18.2 Å². The normalized spacial score (nSPS) is 24.9. The van der Waals surface area contributed by atoms with Crippen LogP contribution in [0.2, 0.25) is 0 Å². The molecular formula is C22H26F4N3O9P. The highest BCUT2D eigenvalue weighted by atomic mass is 31.2. The summed E-state index contributed by atoms with van der Waals surface area (Å²) in [6, 6.07) is 6.39. The molecule has 5 unspecified atom stereocenters. The zero-order valence-corrected chi connectivity index (χ0v) is 21.6. The lowest BCUT2D eigenvalue weighted by molar-refractivity contribution is -0.193. The van der Waals surface area contributed by atoms with Gasteiger partial charge in [-0.25, -0.2) is 18.1 Å². The third-order valence-corrected chi connectivity index (χ3v) is 7.07. The Morgan fingerprint density at radius 3 is 2.41 bits per heavy atom. The maximum Gasteiger partial charge on any atom is 0.459 e. The van der Waals surface area contributed by atoms with Crippen molar-refractivity contribution in [2.75, 3.05) is 6.61 Å². The lowest BCUT2D eigenvalue weighted by atomic mass is 9.96. The molecule has 1 aromatic carbocycles. The molecule has 216 valence electrons. The molecule has 1 aliphatic rings. The highest BCUT2D eigenvalue weighted by Crippen LogP contribution is 2.53. The van der Waals surface area contributed by atoms with Crippen LogP contribution in [0.25, 0.3) is 0 Å². The van der Waals surface area contributed by atoms with Crippen LogP contribution in [0.5, 0.6) is 5.75 Å². The number of esters is 1. The predicted octanol–water partition coefficient (Wildman–Crippen LogP) is 2.20. The van der Waals surface area contributed by atoms with E-state index in [2.05, 4.69) is 5.09 Å². The second-order valence-corrected chi connectivity index (χ2v) is 10.5. The van der Waals surface area contributed by atoms with Gasteiger partial charge in [0, 0.05) is 12.3 Å². The molecule has 2 aromatic rings. The van der Waals surface area contributed by atoms with E-state index in [0.29, 0.717) is 12.3 Å². The molecule has 1 aromatic heterocycles. The largest absolute Gasteiger partial charge is 0.462 e. The van der Waals surface area contributed by atoms with E-state index in [1.807, 2.05) is 0 Å². The average molecular weight is 583 g/mol. The van der Waals surface area contributed by atoms with E-state index >= 15 is 8.78 Å². The Morgan fingerprint density at radius 2 is 1.85 bits per heavy atom. The Labute approximate surface area is 218 Å². The first-order valence-corrected chi connectivity index (χ1v) is 13.0. The zero-order chi connectivity index (χ0) is 29.2. The van der Waals surface area contributed by atoms with Crippen molar-refractivity contribution < 1.29 is 50.5 Å². The number of carbonyl (C=O) groups is 1. The number of rotatable bonds is 11. The van der Waals surface area contributed by atoms with Gasteiger partial charge in [0.15, 0.2) is 11.7 Å². The van der Waals surface area contributed by atoms with Crippen LogP contribution in [0.15, 0.2) is 52.2 Å². The quantitative estimate of drug-likeness (QED) is 0.204. The number of aromatic nitrogens is 2. The summed E-state index contributed by atoms with van der Waals surface area (Å²) in [4.78, 5) is 37.3. The van der Waals surface area contributed by atoms with Gasteiger partial charge in [0.05, 0.1) is 12.7 Å². The monoisotopic (exact) mass is 583 g/mol. The third kappa shape index (κ3) is 6.58. The molecule has 0 aliphatic carbocycles. The Balaban J connectivity index is 1.95. The Morgan fingerprint density at radius 1 is 1.21 bits per heavy atom. The lowest BCUT2D eigenvalue weighted by Gasteiger charge is -2.32. The van der Waals surface area contributed by atoms with E-state index in [1.54, 1.807) is 11.1 Å². The Kier molecular flexibility index (Phi) is 9.07. The molecule has 5 atom stereocenters. The fourth-order valence-electron chi connectivity index (χ4n) is 3.53. The first kappa shape index (κ1) is 30.5. The molecular weight excluding hydrogens is 557 g/mol. The number of hydrogen-bond acceptors (Lipinski definition) is 9. The van der Waals surface area contributed by atoms with Crippen molar-refractivity contribution in [1.29, 1.82) is 0 Å². The number of aromatic amines is 1. The number of aliphatic hydroxyl groups is 1. The molecule has 17 heteroatoms. The summed E-state index contributed by atoms with van der Waals surface area (Å²) in [7, 11) is -4.84. The summed E-state index contributed by atoms with van der Waals surface area (Å²) in [5.74, 6) is -5.55. The fourth-order valence-corrected chi connectivity index (χ4v) is 5.06. The number of hydrogen-bond donors (Lipinski definition) is 3. The highest BCUT2D eigenvalue weighted by molar-refractivity contribution is 7.52. The minimum atomic E-state index is -4.84. The predicted molar refractivity (Wildman–Crippen MR) is 126 cm³/mol. The number of nitrogens with zero attached hydrogens (tertiary/aromatic N) is 1. The number of benzene rings is 1. The van der Waals surface area contributed by atoms with Gasteiger partial charge in [0.25, 0.3) is 12.0 Å². The molecule has 12 nitrogen and oxygen atoms in total. The van der Waals surface area contributed by atoms with Gasteiger partial charge < -0.3 is 19.1 Å². The second-order valence-electron chi connectivity index (χ2n) is 8.83. The smallest absolute Gasteiger partial charge is 0.459 e. The van der Waals surface area contributed by atoms with Crippen molar-refractivity contribution in [3.63, 3.8) is 0 Å². The van der Waals surface area contributed by atoms with Crippen molar-refractivity contribution in [1.82, 2.24) is 14.6 Å². The molecule has 3 N–H and O–H groups in total. The fraction of sp³-hybridized carbons (Fsp3) is 0.500. The molecule has 0 saturated carbocycles. The standard InChI is InChI=1S/C22H26F4N3O9P/c1-12(2)36-16(31)13(3)28-39(34,38-14-7-5-4-6-8-14)35-11-21(18(23)24)17(32)22(25,26)19(37-21)29-10-9-15(30)27-20(29)33/h4-10,12-13,17-19,32H,11H2,1-3H3,(H,28,34)(H,27,30,33). The molecule has 2 heterocycles. The maximum atomic E-state index is 15.0. The molecule has 0 amide bonds. The Bertz CT molecular complexity index is 1320. The third-order valence-electron chi connectivity index (χ3n) is 5.45. The van der Waals surface area contributed by atoms with Gasteiger partial charge in [-0.3, -0.25) is 23.7 Å². The first-order chi connectivity index (χ1) is 18.1. The zero-order valence-electron chi connectivity index (χ0n) is 20.8. The van der Waals surface area contributed by atoms with E-state index in [-0.39, 0.29) is 10.3 Å². The second kappa shape index (κ2) is 11.6.